The van der Waals surface area contributed by atoms with E-state index in [0.29, 0.717) is 5.56 Å². The van der Waals surface area contributed by atoms with E-state index in [9.17, 15) is 8.42 Å². The maximum absolute atomic E-state index is 10.7. The molecule has 0 aliphatic rings. The molecule has 4 nitrogen and oxygen atoms in total. The molecule has 7 heteroatoms. The van der Waals surface area contributed by atoms with Crippen LogP contribution < -0.4 is 0 Å². The zero-order chi connectivity index (χ0) is 10.1. The van der Waals surface area contributed by atoms with Crippen molar-refractivity contribution in [2.24, 2.45) is 0 Å². The molecule has 0 unspecified atom stereocenters. The normalized spacial score (nSPS) is 10.8. The molecule has 1 rings (SSSR count). The Balaban J connectivity index is 0.00000169. The van der Waals surface area contributed by atoms with E-state index in [4.69, 9.17) is 21.3 Å². The number of hydrogen-bond acceptors (Lipinski definition) is 3. The Labute approximate surface area is 92.7 Å². The minimum Gasteiger partial charge on any atom is -0.392 e. The van der Waals surface area contributed by atoms with Gasteiger partial charge in [-0.05, 0) is 17.7 Å². The SMILES string of the molecule is Cl.O=S(=O)(O)c1cc(CO)ccc1Cl. The molecule has 0 amide bonds. The lowest BCUT2D eigenvalue weighted by Crippen LogP contribution is -2.00. The van der Waals surface area contributed by atoms with Crippen LogP contribution in [-0.2, 0) is 16.7 Å². The van der Waals surface area contributed by atoms with Crippen molar-refractivity contribution in [1.29, 1.82) is 0 Å². The van der Waals surface area contributed by atoms with E-state index in [1.165, 1.54) is 12.1 Å². The van der Waals surface area contributed by atoms with Crippen LogP contribution in [0.2, 0.25) is 5.02 Å². The molecule has 0 bridgehead atoms. The summed E-state index contributed by atoms with van der Waals surface area (Å²) in [5.74, 6) is 0. The first-order valence-electron chi connectivity index (χ1n) is 3.32. The highest BCUT2D eigenvalue weighted by atomic mass is 35.5. The predicted molar refractivity (Wildman–Crippen MR) is 54.4 cm³/mol. The third-order valence-corrected chi connectivity index (χ3v) is 2.79. The third kappa shape index (κ3) is 3.11. The van der Waals surface area contributed by atoms with Gasteiger partial charge < -0.3 is 5.11 Å². The first-order chi connectivity index (χ1) is 5.95. The van der Waals surface area contributed by atoms with Crippen LogP contribution in [0.4, 0.5) is 0 Å². The predicted octanol–water partition coefficient (Wildman–Crippen LogP) is 1.50. The van der Waals surface area contributed by atoms with Gasteiger partial charge in [0.2, 0.25) is 0 Å². The highest BCUT2D eigenvalue weighted by Crippen LogP contribution is 2.22. The Morgan fingerprint density at radius 1 is 1.36 bits per heavy atom. The molecule has 0 aliphatic carbocycles. The van der Waals surface area contributed by atoms with Crippen LogP contribution in [0.15, 0.2) is 23.1 Å². The average molecular weight is 259 g/mol. The largest absolute Gasteiger partial charge is 0.392 e. The van der Waals surface area contributed by atoms with E-state index < -0.39 is 10.1 Å². The van der Waals surface area contributed by atoms with E-state index in [1.807, 2.05) is 0 Å². The lowest BCUT2D eigenvalue weighted by Gasteiger charge is -2.02. The molecule has 1 aromatic rings. The summed E-state index contributed by atoms with van der Waals surface area (Å²) in [6.07, 6.45) is 0. The first kappa shape index (κ1) is 13.7. The minimum atomic E-state index is -4.31. The zero-order valence-electron chi connectivity index (χ0n) is 6.84. The van der Waals surface area contributed by atoms with Crippen LogP contribution in [0.25, 0.3) is 0 Å². The molecule has 0 heterocycles. The van der Waals surface area contributed by atoms with Crippen molar-refractivity contribution in [1.82, 2.24) is 0 Å². The smallest absolute Gasteiger partial charge is 0.296 e. The molecule has 0 fully saturated rings. The molecule has 0 spiro atoms. The van der Waals surface area contributed by atoms with Crippen molar-refractivity contribution >= 4 is 34.1 Å². The van der Waals surface area contributed by atoms with E-state index >= 15 is 0 Å². The topological polar surface area (TPSA) is 74.6 Å². The quantitative estimate of drug-likeness (QED) is 0.789. The van der Waals surface area contributed by atoms with Crippen LogP contribution in [0.1, 0.15) is 5.56 Å². The maximum atomic E-state index is 10.7. The highest BCUT2D eigenvalue weighted by Gasteiger charge is 2.14. The summed E-state index contributed by atoms with van der Waals surface area (Å²) in [6, 6.07) is 3.89. The summed E-state index contributed by atoms with van der Waals surface area (Å²) in [5.41, 5.74) is 0.372. The summed E-state index contributed by atoms with van der Waals surface area (Å²) in [6.45, 7) is -0.306. The van der Waals surface area contributed by atoms with Crippen molar-refractivity contribution in [3.63, 3.8) is 0 Å². The summed E-state index contributed by atoms with van der Waals surface area (Å²) < 4.78 is 30.1. The summed E-state index contributed by atoms with van der Waals surface area (Å²) in [7, 11) is -4.31. The molecule has 1 aromatic carbocycles. The van der Waals surface area contributed by atoms with E-state index in [2.05, 4.69) is 0 Å². The van der Waals surface area contributed by atoms with Crippen LogP contribution in [-0.4, -0.2) is 18.1 Å². The molecule has 0 saturated carbocycles. The zero-order valence-corrected chi connectivity index (χ0v) is 9.23. The van der Waals surface area contributed by atoms with Gasteiger partial charge >= 0.3 is 0 Å². The number of aliphatic hydroxyl groups is 1. The summed E-state index contributed by atoms with van der Waals surface area (Å²) in [4.78, 5) is -0.388. The van der Waals surface area contributed by atoms with E-state index in [-0.39, 0.29) is 28.9 Å². The standard InChI is InChI=1S/C7H7ClO4S.ClH/c8-6-2-1-5(4-9)3-7(6)13(10,11)12;/h1-3,9H,4H2,(H,10,11,12);1H. The van der Waals surface area contributed by atoms with Crippen molar-refractivity contribution in [2.75, 3.05) is 0 Å². The average Bonchev–Trinajstić information content (AvgIpc) is 2.03. The second kappa shape index (κ2) is 4.95. The van der Waals surface area contributed by atoms with Crippen molar-refractivity contribution < 1.29 is 18.1 Å². The van der Waals surface area contributed by atoms with E-state index in [1.54, 1.807) is 0 Å². The molecule has 0 radical (unpaired) electrons. The highest BCUT2D eigenvalue weighted by molar-refractivity contribution is 7.86. The lowest BCUT2D eigenvalue weighted by atomic mass is 10.2. The molecular formula is C7H8Cl2O4S. The number of halogens is 2. The van der Waals surface area contributed by atoms with Gasteiger partial charge in [0.15, 0.2) is 0 Å². The fourth-order valence-corrected chi connectivity index (χ4v) is 1.87. The van der Waals surface area contributed by atoms with Gasteiger partial charge in [0.05, 0.1) is 11.6 Å². The van der Waals surface area contributed by atoms with Gasteiger partial charge in [0, 0.05) is 0 Å². The monoisotopic (exact) mass is 258 g/mol. The summed E-state index contributed by atoms with van der Waals surface area (Å²) in [5, 5.41) is 8.63. The van der Waals surface area contributed by atoms with Gasteiger partial charge in [-0.3, -0.25) is 4.55 Å². The van der Waals surface area contributed by atoms with Crippen LogP contribution in [0.3, 0.4) is 0 Å². The molecule has 0 saturated heterocycles. The van der Waals surface area contributed by atoms with Gasteiger partial charge in [-0.25, -0.2) is 0 Å². The third-order valence-electron chi connectivity index (χ3n) is 1.46. The van der Waals surface area contributed by atoms with Gasteiger partial charge in [-0.2, -0.15) is 8.42 Å². The molecule has 80 valence electrons. The lowest BCUT2D eigenvalue weighted by molar-refractivity contribution is 0.281. The van der Waals surface area contributed by atoms with Crippen LogP contribution in [0, 0.1) is 0 Å². The molecule has 0 aliphatic heterocycles. The molecule has 0 atom stereocenters. The van der Waals surface area contributed by atoms with E-state index in [0.717, 1.165) is 6.07 Å². The molecule has 2 N–H and O–H groups in total. The van der Waals surface area contributed by atoms with Gasteiger partial charge in [-0.15, -0.1) is 12.4 Å². The fraction of sp³-hybridized carbons (Fsp3) is 0.143. The van der Waals surface area contributed by atoms with Crippen molar-refractivity contribution in [3.8, 4) is 0 Å². The molecule has 14 heavy (non-hydrogen) atoms. The molecular weight excluding hydrogens is 251 g/mol. The Kier molecular flexibility index (Phi) is 4.83. The first-order valence-corrected chi connectivity index (χ1v) is 5.13. The van der Waals surface area contributed by atoms with Crippen molar-refractivity contribution in [2.45, 2.75) is 11.5 Å². The fourth-order valence-electron chi connectivity index (χ4n) is 0.844. The Hall–Kier alpha value is -0.330. The van der Waals surface area contributed by atoms with Gasteiger partial charge in [0.1, 0.15) is 4.90 Å². The van der Waals surface area contributed by atoms with Crippen LogP contribution >= 0.6 is 24.0 Å². The number of rotatable bonds is 2. The second-order valence-electron chi connectivity index (χ2n) is 2.40. The Morgan fingerprint density at radius 2 is 1.93 bits per heavy atom. The maximum Gasteiger partial charge on any atom is 0.296 e. The minimum absolute atomic E-state index is 0. The Bertz CT molecular complexity index is 416. The van der Waals surface area contributed by atoms with Gasteiger partial charge in [-0.1, -0.05) is 17.7 Å². The number of aliphatic hydroxyl groups excluding tert-OH is 1. The number of benzene rings is 1. The Morgan fingerprint density at radius 3 is 2.36 bits per heavy atom. The second-order valence-corrected chi connectivity index (χ2v) is 4.20. The summed E-state index contributed by atoms with van der Waals surface area (Å²) >= 11 is 5.52. The molecule has 0 aromatic heterocycles. The number of hydrogen-bond donors (Lipinski definition) is 2. The van der Waals surface area contributed by atoms with Crippen LogP contribution in [0.5, 0.6) is 0 Å². The van der Waals surface area contributed by atoms with Gasteiger partial charge in [0.25, 0.3) is 10.1 Å². The van der Waals surface area contributed by atoms with Crippen molar-refractivity contribution in [3.05, 3.63) is 28.8 Å².